The Bertz CT molecular complexity index is 984. The zero-order valence-electron chi connectivity index (χ0n) is 17.1. The van der Waals surface area contributed by atoms with Gasteiger partial charge in [0.15, 0.2) is 0 Å². The maximum atomic E-state index is 12.4. The van der Waals surface area contributed by atoms with Gasteiger partial charge in [0.05, 0.1) is 4.92 Å². The Morgan fingerprint density at radius 3 is 2.64 bits per heavy atom. The van der Waals surface area contributed by atoms with Gasteiger partial charge in [0.2, 0.25) is 0 Å². The number of amides is 1. The molecule has 0 radical (unpaired) electrons. The van der Waals surface area contributed by atoms with Crippen LogP contribution in [-0.2, 0) is 11.8 Å². The largest absolute Gasteiger partial charge is 0.444 e. The molecular weight excluding hydrogens is 360 g/mol. The number of carbonyl (C=O) groups excluding carboxylic acids is 1. The normalized spacial score (nSPS) is 17.6. The monoisotopic (exact) mass is 386 g/mol. The third-order valence-electron chi connectivity index (χ3n) is 4.97. The summed E-state index contributed by atoms with van der Waals surface area (Å²) in [5.74, 6) is 0. The fraction of sp³-hybridized carbons (Fsp3) is 0.500. The lowest BCUT2D eigenvalue weighted by atomic mass is 9.94. The number of nitro groups is 1. The van der Waals surface area contributed by atoms with Crippen LogP contribution in [-0.4, -0.2) is 43.7 Å². The summed E-state index contributed by atoms with van der Waals surface area (Å²) in [7, 11) is 1.88. The zero-order valence-corrected chi connectivity index (χ0v) is 17.1. The average molecular weight is 386 g/mol. The van der Waals surface area contributed by atoms with Crippen LogP contribution in [0.3, 0.4) is 0 Å². The van der Waals surface area contributed by atoms with Crippen molar-refractivity contribution in [2.45, 2.75) is 52.7 Å². The quantitative estimate of drug-likeness (QED) is 0.570. The van der Waals surface area contributed by atoms with Crippen LogP contribution in [0.25, 0.3) is 16.6 Å². The first-order valence-corrected chi connectivity index (χ1v) is 9.27. The summed E-state index contributed by atoms with van der Waals surface area (Å²) in [5.41, 5.74) is 2.78. The van der Waals surface area contributed by atoms with Gasteiger partial charge < -0.3 is 14.2 Å². The van der Waals surface area contributed by atoms with Crippen molar-refractivity contribution < 1.29 is 14.5 Å². The maximum Gasteiger partial charge on any atom is 0.410 e. The first-order chi connectivity index (χ1) is 13.0. The second-order valence-corrected chi connectivity index (χ2v) is 8.29. The Labute approximate surface area is 163 Å². The van der Waals surface area contributed by atoms with E-state index in [4.69, 9.17) is 4.74 Å². The first-order valence-electron chi connectivity index (χ1n) is 9.27. The molecule has 3 rings (SSSR count). The number of pyridine rings is 1. The summed E-state index contributed by atoms with van der Waals surface area (Å²) in [4.78, 5) is 29.4. The Hall–Kier alpha value is -2.90. The summed E-state index contributed by atoms with van der Waals surface area (Å²) in [6.07, 6.45) is 5.57. The number of fused-ring (bicyclic) bond motifs is 1. The van der Waals surface area contributed by atoms with Crippen molar-refractivity contribution >= 4 is 28.4 Å². The summed E-state index contributed by atoms with van der Waals surface area (Å²) in [6.45, 7) is 9.71. The Morgan fingerprint density at radius 1 is 1.39 bits per heavy atom. The average Bonchev–Trinajstić information content (AvgIpc) is 2.91. The molecule has 0 aromatic carbocycles. The molecule has 8 nitrogen and oxygen atoms in total. The van der Waals surface area contributed by atoms with Crippen molar-refractivity contribution in [2.75, 3.05) is 6.54 Å². The molecule has 2 aromatic rings. The molecule has 1 amide bonds. The molecule has 0 N–H and O–H groups in total. The lowest BCUT2D eigenvalue weighted by molar-refractivity contribution is -0.385. The molecule has 8 heteroatoms. The van der Waals surface area contributed by atoms with Gasteiger partial charge in [-0.2, -0.15) is 0 Å². The van der Waals surface area contributed by atoms with Crippen molar-refractivity contribution in [2.24, 2.45) is 7.05 Å². The summed E-state index contributed by atoms with van der Waals surface area (Å²) < 4.78 is 7.37. The van der Waals surface area contributed by atoms with Crippen molar-refractivity contribution in [3.8, 4) is 0 Å². The highest BCUT2D eigenvalue weighted by atomic mass is 16.6. The number of hydrogen-bond donors (Lipinski definition) is 0. The van der Waals surface area contributed by atoms with Crippen molar-refractivity contribution in [3.05, 3.63) is 39.7 Å². The minimum Gasteiger partial charge on any atom is -0.444 e. The number of aryl methyl sites for hydroxylation is 2. The molecule has 0 unspecified atom stereocenters. The summed E-state index contributed by atoms with van der Waals surface area (Å²) >= 11 is 0. The summed E-state index contributed by atoms with van der Waals surface area (Å²) in [6, 6.07) is -0.0444. The van der Waals surface area contributed by atoms with E-state index in [0.29, 0.717) is 24.2 Å². The lowest BCUT2D eigenvalue weighted by Gasteiger charge is -2.34. The number of nitrogens with zero attached hydrogens (tertiary/aromatic N) is 4. The number of rotatable bonds is 2. The highest BCUT2D eigenvalue weighted by Crippen LogP contribution is 2.36. The SMILES string of the molecule is Cc1c([N+](=O)[O-])cnc2c1c(C1=CCN(C(=O)OC(C)(C)C)[C@@H](C)C1)cn2C. The molecule has 0 bridgehead atoms. The van der Waals surface area contributed by atoms with Gasteiger partial charge in [0.1, 0.15) is 17.4 Å². The number of carbonyl (C=O) groups is 1. The minimum atomic E-state index is -0.544. The lowest BCUT2D eigenvalue weighted by Crippen LogP contribution is -2.44. The van der Waals surface area contributed by atoms with Crippen LogP contribution >= 0.6 is 0 Å². The molecule has 28 heavy (non-hydrogen) atoms. The smallest absolute Gasteiger partial charge is 0.410 e. The zero-order chi connectivity index (χ0) is 20.8. The van der Waals surface area contributed by atoms with Crippen LogP contribution in [0.1, 0.15) is 45.2 Å². The molecule has 1 aliphatic heterocycles. The summed E-state index contributed by atoms with van der Waals surface area (Å²) in [5, 5.41) is 12.1. The van der Waals surface area contributed by atoms with Crippen LogP contribution in [0, 0.1) is 17.0 Å². The minimum absolute atomic E-state index is 0.0137. The van der Waals surface area contributed by atoms with E-state index in [1.54, 1.807) is 11.8 Å². The predicted molar refractivity (Wildman–Crippen MR) is 107 cm³/mol. The highest BCUT2D eigenvalue weighted by Gasteiger charge is 2.30. The van der Waals surface area contributed by atoms with Crippen LogP contribution in [0.2, 0.25) is 0 Å². The highest BCUT2D eigenvalue weighted by molar-refractivity contribution is 5.95. The van der Waals surface area contributed by atoms with Crippen molar-refractivity contribution in [1.29, 1.82) is 0 Å². The fourth-order valence-electron chi connectivity index (χ4n) is 3.61. The van der Waals surface area contributed by atoms with E-state index in [0.717, 1.165) is 16.5 Å². The maximum absolute atomic E-state index is 12.4. The topological polar surface area (TPSA) is 90.5 Å². The third kappa shape index (κ3) is 3.58. The van der Waals surface area contributed by atoms with E-state index in [1.165, 1.54) is 6.20 Å². The number of ether oxygens (including phenoxy) is 1. The molecule has 2 aromatic heterocycles. The molecule has 3 heterocycles. The molecule has 0 spiro atoms. The predicted octanol–water partition coefficient (Wildman–Crippen LogP) is 4.20. The van der Waals surface area contributed by atoms with Crippen LogP contribution in [0.5, 0.6) is 0 Å². The first kappa shape index (κ1) is 19.9. The van der Waals surface area contributed by atoms with Crippen molar-refractivity contribution in [1.82, 2.24) is 14.5 Å². The molecule has 150 valence electrons. The van der Waals surface area contributed by atoms with Crippen molar-refractivity contribution in [3.63, 3.8) is 0 Å². The molecule has 0 fully saturated rings. The van der Waals surface area contributed by atoms with Gasteiger partial charge in [-0.25, -0.2) is 9.78 Å². The van der Waals surface area contributed by atoms with Crippen LogP contribution < -0.4 is 0 Å². The second kappa shape index (κ2) is 6.92. The molecule has 0 saturated carbocycles. The van der Waals surface area contributed by atoms with Gasteiger partial charge in [0, 0.05) is 42.3 Å². The van der Waals surface area contributed by atoms with Gasteiger partial charge in [0.25, 0.3) is 5.69 Å². The Balaban J connectivity index is 1.99. The van der Waals surface area contributed by atoms with Gasteiger partial charge in [-0.1, -0.05) is 6.08 Å². The van der Waals surface area contributed by atoms with Gasteiger partial charge in [-0.3, -0.25) is 10.1 Å². The molecule has 1 aliphatic rings. The van der Waals surface area contributed by atoms with E-state index >= 15 is 0 Å². The van der Waals surface area contributed by atoms with E-state index in [9.17, 15) is 14.9 Å². The van der Waals surface area contributed by atoms with E-state index in [-0.39, 0.29) is 17.8 Å². The number of aromatic nitrogens is 2. The van der Waals surface area contributed by atoms with Crippen LogP contribution in [0.4, 0.5) is 10.5 Å². The second-order valence-electron chi connectivity index (χ2n) is 8.29. The van der Waals surface area contributed by atoms with E-state index < -0.39 is 10.5 Å². The van der Waals surface area contributed by atoms with Gasteiger partial charge in [-0.05, 0) is 46.6 Å². The van der Waals surface area contributed by atoms with E-state index in [2.05, 4.69) is 4.98 Å². The Morgan fingerprint density at radius 2 is 2.07 bits per heavy atom. The molecular formula is C20H26N4O4. The third-order valence-corrected chi connectivity index (χ3v) is 4.97. The van der Waals surface area contributed by atoms with E-state index in [1.807, 2.05) is 51.6 Å². The number of hydrogen-bond acceptors (Lipinski definition) is 5. The van der Waals surface area contributed by atoms with Gasteiger partial charge in [-0.15, -0.1) is 0 Å². The molecule has 0 saturated heterocycles. The van der Waals surface area contributed by atoms with Crippen LogP contribution in [0.15, 0.2) is 18.5 Å². The standard InChI is InChI=1S/C20H26N4O4/c1-12-9-14(7-8-23(12)19(25)28-20(3,4)5)15-11-22(6)18-17(15)13(2)16(10-21-18)24(26)27/h7,10-12H,8-9H2,1-6H3/t12-/m0/s1. The molecule has 0 aliphatic carbocycles. The van der Waals surface area contributed by atoms with Gasteiger partial charge >= 0.3 is 6.09 Å². The molecule has 1 atom stereocenters. The fourth-order valence-corrected chi connectivity index (χ4v) is 3.61. The Kier molecular flexibility index (Phi) is 4.91.